The third-order valence-electron chi connectivity index (χ3n) is 2.06. The lowest BCUT2D eigenvalue weighted by Gasteiger charge is -2.00. The molecule has 90 valence electrons. The molecule has 2 aromatic heterocycles. The molecule has 2 aromatic rings. The van der Waals surface area contributed by atoms with Gasteiger partial charge in [-0.05, 0) is 6.07 Å². The van der Waals surface area contributed by atoms with Crippen LogP contribution in [0.3, 0.4) is 0 Å². The predicted molar refractivity (Wildman–Crippen MR) is 56.4 cm³/mol. The molecule has 3 nitrogen and oxygen atoms in total. The third-order valence-corrected chi connectivity index (χ3v) is 2.27. The Morgan fingerprint density at radius 3 is 2.82 bits per heavy atom. The van der Waals surface area contributed by atoms with Gasteiger partial charge in [-0.2, -0.15) is 5.10 Å². The number of pyridine rings is 1. The van der Waals surface area contributed by atoms with Crippen LogP contribution in [0.5, 0.6) is 0 Å². The number of halogens is 4. The molecule has 0 saturated heterocycles. The Bertz CT molecular complexity index is 527. The average Bonchev–Trinajstić information content (AvgIpc) is 2.65. The second-order valence-corrected chi connectivity index (χ2v) is 3.69. The zero-order valence-corrected chi connectivity index (χ0v) is 9.20. The van der Waals surface area contributed by atoms with Crippen molar-refractivity contribution in [1.82, 2.24) is 14.8 Å². The first-order valence-electron chi connectivity index (χ1n) is 4.69. The summed E-state index contributed by atoms with van der Waals surface area (Å²) in [6.07, 6.45) is 0.0679. The highest BCUT2D eigenvalue weighted by molar-refractivity contribution is 6.29. The molecule has 0 aliphatic carbocycles. The van der Waals surface area contributed by atoms with Crippen molar-refractivity contribution in [1.29, 1.82) is 0 Å². The fraction of sp³-hybridized carbons (Fsp3) is 0.200. The largest absolute Gasteiger partial charge is 0.266 e. The Morgan fingerprint density at radius 2 is 2.18 bits per heavy atom. The summed E-state index contributed by atoms with van der Waals surface area (Å²) in [5.41, 5.74) is 0.370. The first-order valence-corrected chi connectivity index (χ1v) is 5.07. The molecule has 17 heavy (non-hydrogen) atoms. The highest BCUT2D eigenvalue weighted by Gasteiger charge is 2.11. The number of hydrogen-bond donors (Lipinski definition) is 0. The minimum absolute atomic E-state index is 0.0262. The number of alkyl halides is 2. The van der Waals surface area contributed by atoms with Gasteiger partial charge in [-0.15, -0.1) is 0 Å². The molecule has 7 heteroatoms. The van der Waals surface area contributed by atoms with Crippen LogP contribution in [0.25, 0.3) is 11.3 Å². The van der Waals surface area contributed by atoms with E-state index in [9.17, 15) is 13.2 Å². The number of nitrogens with zero attached hydrogens (tertiary/aromatic N) is 3. The smallest absolute Gasteiger partial charge is 0.257 e. The van der Waals surface area contributed by atoms with Crippen molar-refractivity contribution < 1.29 is 13.2 Å². The maximum atomic E-state index is 13.5. The molecule has 0 bridgehead atoms. The Hall–Kier alpha value is -1.56. The molecule has 2 rings (SSSR count). The third kappa shape index (κ3) is 2.76. The van der Waals surface area contributed by atoms with Crippen LogP contribution >= 0.6 is 11.6 Å². The normalized spacial score (nSPS) is 11.1. The molecule has 0 fully saturated rings. The van der Waals surface area contributed by atoms with Crippen molar-refractivity contribution in [3.63, 3.8) is 0 Å². The molecular weight excluding hydrogens is 255 g/mol. The monoisotopic (exact) mass is 261 g/mol. The Labute approximate surface area is 99.8 Å². The van der Waals surface area contributed by atoms with E-state index >= 15 is 0 Å². The van der Waals surface area contributed by atoms with E-state index in [0.29, 0.717) is 0 Å². The van der Waals surface area contributed by atoms with Gasteiger partial charge in [0.1, 0.15) is 17.5 Å². The van der Waals surface area contributed by atoms with Crippen LogP contribution in [0.2, 0.25) is 5.15 Å². The lowest BCUT2D eigenvalue weighted by molar-refractivity contribution is 0.122. The molecule has 0 aliphatic heterocycles. The summed E-state index contributed by atoms with van der Waals surface area (Å²) in [6.45, 7) is -0.525. The number of hydrogen-bond acceptors (Lipinski definition) is 2. The van der Waals surface area contributed by atoms with Crippen LogP contribution in [0.15, 0.2) is 24.5 Å². The zero-order chi connectivity index (χ0) is 12.4. The van der Waals surface area contributed by atoms with Crippen molar-refractivity contribution in [2.45, 2.75) is 13.0 Å². The van der Waals surface area contributed by atoms with E-state index in [1.807, 2.05) is 0 Å². The molecule has 0 spiro atoms. The zero-order valence-electron chi connectivity index (χ0n) is 8.45. The average molecular weight is 262 g/mol. The minimum atomic E-state index is -2.50. The molecule has 0 radical (unpaired) electrons. The fourth-order valence-electron chi connectivity index (χ4n) is 1.34. The van der Waals surface area contributed by atoms with Crippen molar-refractivity contribution in [2.75, 3.05) is 0 Å². The van der Waals surface area contributed by atoms with Gasteiger partial charge < -0.3 is 0 Å². The van der Waals surface area contributed by atoms with Gasteiger partial charge in [0.05, 0.1) is 11.3 Å². The molecule has 0 atom stereocenters. The minimum Gasteiger partial charge on any atom is -0.266 e. The molecule has 0 N–H and O–H groups in total. The molecule has 2 heterocycles. The molecule has 0 aliphatic rings. The molecule has 0 saturated carbocycles. The van der Waals surface area contributed by atoms with Gasteiger partial charge in [-0.3, -0.25) is 4.68 Å². The van der Waals surface area contributed by atoms with E-state index in [-0.39, 0.29) is 16.4 Å². The van der Waals surface area contributed by atoms with Crippen LogP contribution in [0.1, 0.15) is 0 Å². The molecule has 0 aromatic carbocycles. The van der Waals surface area contributed by atoms with Gasteiger partial charge in [0.15, 0.2) is 0 Å². The highest BCUT2D eigenvalue weighted by Crippen LogP contribution is 2.21. The van der Waals surface area contributed by atoms with Crippen molar-refractivity contribution in [2.24, 2.45) is 0 Å². The Morgan fingerprint density at radius 1 is 1.41 bits per heavy atom. The quantitative estimate of drug-likeness (QED) is 0.795. The van der Waals surface area contributed by atoms with Gasteiger partial charge in [0.25, 0.3) is 6.43 Å². The van der Waals surface area contributed by atoms with Crippen molar-refractivity contribution in [3.05, 3.63) is 35.5 Å². The lowest BCUT2D eigenvalue weighted by Crippen LogP contribution is -2.06. The van der Waals surface area contributed by atoms with Crippen molar-refractivity contribution in [3.8, 4) is 11.3 Å². The fourth-order valence-corrected chi connectivity index (χ4v) is 1.49. The first kappa shape index (κ1) is 11.9. The Kier molecular flexibility index (Phi) is 3.33. The predicted octanol–water partition coefficient (Wildman–Crippen LogP) is 3.00. The number of rotatable bonds is 3. The van der Waals surface area contributed by atoms with Gasteiger partial charge in [0.2, 0.25) is 0 Å². The lowest BCUT2D eigenvalue weighted by atomic mass is 10.2. The maximum absolute atomic E-state index is 13.5. The van der Waals surface area contributed by atoms with E-state index in [0.717, 1.165) is 10.7 Å². The molecule has 0 amide bonds. The highest BCUT2D eigenvalue weighted by atomic mass is 35.5. The van der Waals surface area contributed by atoms with E-state index in [1.165, 1.54) is 18.5 Å². The van der Waals surface area contributed by atoms with Gasteiger partial charge in [0, 0.05) is 18.5 Å². The standard InChI is InChI=1S/C10H7ClF3N3/c11-9-3-7(12)6(4-15-9)8-1-2-17(16-8)5-10(13)14/h1-4,10H,5H2. The molecular formula is C10H7ClF3N3. The van der Waals surface area contributed by atoms with E-state index in [2.05, 4.69) is 10.1 Å². The second-order valence-electron chi connectivity index (χ2n) is 3.30. The summed E-state index contributed by atoms with van der Waals surface area (Å²) in [6, 6.07) is 2.49. The topological polar surface area (TPSA) is 30.7 Å². The van der Waals surface area contributed by atoms with Crippen LogP contribution in [0.4, 0.5) is 13.2 Å². The summed E-state index contributed by atoms with van der Waals surface area (Å²) in [5.74, 6) is -0.590. The second kappa shape index (κ2) is 4.75. The van der Waals surface area contributed by atoms with Crippen LogP contribution in [-0.4, -0.2) is 21.2 Å². The summed E-state index contributed by atoms with van der Waals surface area (Å²) in [5, 5.41) is 3.85. The van der Waals surface area contributed by atoms with Crippen molar-refractivity contribution >= 4 is 11.6 Å². The molecule has 0 unspecified atom stereocenters. The van der Waals surface area contributed by atoms with Gasteiger partial charge in [-0.25, -0.2) is 18.2 Å². The summed E-state index contributed by atoms with van der Waals surface area (Å²) >= 11 is 5.50. The van der Waals surface area contributed by atoms with E-state index < -0.39 is 18.8 Å². The summed E-state index contributed by atoms with van der Waals surface area (Å²) < 4.78 is 38.7. The van der Waals surface area contributed by atoms with E-state index in [4.69, 9.17) is 11.6 Å². The van der Waals surface area contributed by atoms with E-state index in [1.54, 1.807) is 0 Å². The van der Waals surface area contributed by atoms with Gasteiger partial charge >= 0.3 is 0 Å². The summed E-state index contributed by atoms with van der Waals surface area (Å²) in [4.78, 5) is 3.71. The summed E-state index contributed by atoms with van der Waals surface area (Å²) in [7, 11) is 0. The van der Waals surface area contributed by atoms with Crippen LogP contribution in [0, 0.1) is 5.82 Å². The van der Waals surface area contributed by atoms with Crippen LogP contribution in [-0.2, 0) is 6.54 Å². The van der Waals surface area contributed by atoms with Gasteiger partial charge in [-0.1, -0.05) is 11.6 Å². The number of aromatic nitrogens is 3. The first-order chi connectivity index (χ1) is 8.06. The maximum Gasteiger partial charge on any atom is 0.257 e. The Balaban J connectivity index is 2.30. The SMILES string of the molecule is Fc1cc(Cl)ncc1-c1ccn(CC(F)F)n1. The van der Waals surface area contributed by atoms with Crippen LogP contribution < -0.4 is 0 Å².